The zero-order chi connectivity index (χ0) is 7.94. The average Bonchev–Trinajstić information content (AvgIpc) is 2.07. The van der Waals surface area contributed by atoms with Gasteiger partial charge in [-0.3, -0.25) is 4.98 Å². The topological polar surface area (TPSA) is 12.9 Å². The molecule has 1 radical (unpaired) electrons. The van der Waals surface area contributed by atoms with E-state index in [1.807, 2.05) is 12.1 Å². The number of pyridine rings is 1. The SMILES string of the molecule is CCCCCc1cc[c]cn1. The van der Waals surface area contributed by atoms with Gasteiger partial charge in [0, 0.05) is 18.0 Å². The molecule has 0 aliphatic carbocycles. The molecular formula is C10H14N. The van der Waals surface area contributed by atoms with Crippen molar-refractivity contribution in [2.75, 3.05) is 0 Å². The maximum atomic E-state index is 4.19. The van der Waals surface area contributed by atoms with Gasteiger partial charge in [-0.15, -0.1) is 0 Å². The van der Waals surface area contributed by atoms with Crippen LogP contribution in [-0.4, -0.2) is 4.98 Å². The van der Waals surface area contributed by atoms with Gasteiger partial charge in [0.15, 0.2) is 0 Å². The van der Waals surface area contributed by atoms with Gasteiger partial charge in [0.2, 0.25) is 0 Å². The lowest BCUT2D eigenvalue weighted by Crippen LogP contribution is -1.87. The van der Waals surface area contributed by atoms with Crippen molar-refractivity contribution in [3.8, 4) is 0 Å². The lowest BCUT2D eigenvalue weighted by atomic mass is 10.1. The third kappa shape index (κ3) is 3.17. The minimum atomic E-state index is 1.11. The minimum absolute atomic E-state index is 1.11. The van der Waals surface area contributed by atoms with Crippen LogP contribution in [0, 0.1) is 6.07 Å². The van der Waals surface area contributed by atoms with Crippen LogP contribution in [-0.2, 0) is 6.42 Å². The predicted octanol–water partition coefficient (Wildman–Crippen LogP) is 2.61. The Morgan fingerprint density at radius 3 is 3.00 bits per heavy atom. The van der Waals surface area contributed by atoms with Gasteiger partial charge in [0.1, 0.15) is 0 Å². The number of nitrogens with zero attached hydrogens (tertiary/aromatic N) is 1. The van der Waals surface area contributed by atoms with E-state index in [-0.39, 0.29) is 0 Å². The molecule has 1 aromatic rings. The molecule has 0 saturated carbocycles. The Labute approximate surface area is 68.5 Å². The first-order valence-corrected chi connectivity index (χ1v) is 4.24. The molecule has 0 atom stereocenters. The van der Waals surface area contributed by atoms with E-state index in [0.717, 1.165) is 6.42 Å². The first-order chi connectivity index (χ1) is 5.43. The smallest absolute Gasteiger partial charge is 0.0404 e. The van der Waals surface area contributed by atoms with E-state index in [9.17, 15) is 0 Å². The highest BCUT2D eigenvalue weighted by Gasteiger charge is 1.90. The van der Waals surface area contributed by atoms with Gasteiger partial charge in [-0.2, -0.15) is 0 Å². The first kappa shape index (κ1) is 8.25. The van der Waals surface area contributed by atoms with Crippen molar-refractivity contribution in [1.29, 1.82) is 0 Å². The summed E-state index contributed by atoms with van der Waals surface area (Å²) < 4.78 is 0. The molecule has 0 aliphatic rings. The standard InChI is InChI=1S/C10H14N/c1-2-3-4-7-10-8-5-6-9-11-10/h5,8-9H,2-4,7H2,1H3. The molecule has 0 aromatic carbocycles. The molecule has 0 saturated heterocycles. The summed E-state index contributed by atoms with van der Waals surface area (Å²) in [4.78, 5) is 4.19. The van der Waals surface area contributed by atoms with E-state index >= 15 is 0 Å². The number of rotatable bonds is 4. The van der Waals surface area contributed by atoms with Crippen molar-refractivity contribution in [2.24, 2.45) is 0 Å². The average molecular weight is 148 g/mol. The van der Waals surface area contributed by atoms with Crippen molar-refractivity contribution < 1.29 is 0 Å². The third-order valence-corrected chi connectivity index (χ3v) is 1.71. The maximum absolute atomic E-state index is 4.19. The summed E-state index contributed by atoms with van der Waals surface area (Å²) in [5.41, 5.74) is 1.19. The van der Waals surface area contributed by atoms with E-state index in [0.29, 0.717) is 0 Å². The lowest BCUT2D eigenvalue weighted by molar-refractivity contribution is 0.707. The van der Waals surface area contributed by atoms with Crippen LogP contribution in [0.2, 0.25) is 0 Å². The van der Waals surface area contributed by atoms with Crippen LogP contribution in [0.3, 0.4) is 0 Å². The lowest BCUT2D eigenvalue weighted by Gasteiger charge is -1.97. The molecule has 1 aromatic heterocycles. The summed E-state index contributed by atoms with van der Waals surface area (Å²) in [5.74, 6) is 0. The molecular weight excluding hydrogens is 134 g/mol. The summed E-state index contributed by atoms with van der Waals surface area (Å²) in [6.07, 6.45) is 6.69. The number of unbranched alkanes of at least 4 members (excludes halogenated alkanes) is 2. The zero-order valence-electron chi connectivity index (χ0n) is 7.01. The fraction of sp³-hybridized carbons (Fsp3) is 0.500. The molecule has 59 valence electrons. The predicted molar refractivity (Wildman–Crippen MR) is 46.3 cm³/mol. The van der Waals surface area contributed by atoms with Gasteiger partial charge >= 0.3 is 0 Å². The first-order valence-electron chi connectivity index (χ1n) is 4.24. The molecule has 1 heteroatoms. The normalized spacial score (nSPS) is 9.91. The Balaban J connectivity index is 2.28. The van der Waals surface area contributed by atoms with Crippen LogP contribution in [0.1, 0.15) is 31.9 Å². The van der Waals surface area contributed by atoms with Gasteiger partial charge in [-0.1, -0.05) is 25.8 Å². The highest BCUT2D eigenvalue weighted by Crippen LogP contribution is 2.02. The molecule has 0 unspecified atom stereocenters. The quantitative estimate of drug-likeness (QED) is 0.598. The molecule has 0 bridgehead atoms. The summed E-state index contributed by atoms with van der Waals surface area (Å²) in [7, 11) is 0. The molecule has 0 fully saturated rings. The molecule has 0 aliphatic heterocycles. The third-order valence-electron chi connectivity index (χ3n) is 1.71. The second kappa shape index (κ2) is 4.89. The molecule has 0 spiro atoms. The monoisotopic (exact) mass is 148 g/mol. The summed E-state index contributed by atoms with van der Waals surface area (Å²) in [6.45, 7) is 2.21. The molecule has 0 amide bonds. The van der Waals surface area contributed by atoms with Gasteiger partial charge in [0.05, 0.1) is 0 Å². The Morgan fingerprint density at radius 2 is 2.36 bits per heavy atom. The Bertz CT molecular complexity index is 181. The number of aryl methyl sites for hydroxylation is 1. The van der Waals surface area contributed by atoms with Crippen LogP contribution >= 0.6 is 0 Å². The highest BCUT2D eigenvalue weighted by molar-refractivity contribution is 5.02. The Hall–Kier alpha value is -0.850. The minimum Gasteiger partial charge on any atom is -0.261 e. The second-order valence-corrected chi connectivity index (χ2v) is 2.71. The van der Waals surface area contributed by atoms with E-state index in [4.69, 9.17) is 0 Å². The van der Waals surface area contributed by atoms with Crippen molar-refractivity contribution >= 4 is 0 Å². The van der Waals surface area contributed by atoms with E-state index in [1.54, 1.807) is 6.20 Å². The highest BCUT2D eigenvalue weighted by atomic mass is 14.7. The van der Waals surface area contributed by atoms with Gasteiger partial charge in [-0.25, -0.2) is 0 Å². The van der Waals surface area contributed by atoms with E-state index in [2.05, 4.69) is 18.0 Å². The van der Waals surface area contributed by atoms with Gasteiger partial charge in [-0.05, 0) is 18.9 Å². The summed E-state index contributed by atoms with van der Waals surface area (Å²) >= 11 is 0. The van der Waals surface area contributed by atoms with Gasteiger partial charge < -0.3 is 0 Å². The van der Waals surface area contributed by atoms with Gasteiger partial charge in [0.25, 0.3) is 0 Å². The van der Waals surface area contributed by atoms with E-state index in [1.165, 1.54) is 25.0 Å². The fourth-order valence-electron chi connectivity index (χ4n) is 1.05. The zero-order valence-corrected chi connectivity index (χ0v) is 7.01. The molecule has 1 heterocycles. The summed E-state index contributed by atoms with van der Waals surface area (Å²) in [5, 5.41) is 0. The number of aromatic nitrogens is 1. The molecule has 11 heavy (non-hydrogen) atoms. The summed E-state index contributed by atoms with van der Waals surface area (Å²) in [6, 6.07) is 6.87. The van der Waals surface area contributed by atoms with Crippen molar-refractivity contribution in [3.63, 3.8) is 0 Å². The van der Waals surface area contributed by atoms with Crippen LogP contribution in [0.4, 0.5) is 0 Å². The molecule has 1 nitrogen and oxygen atoms in total. The maximum Gasteiger partial charge on any atom is 0.0404 e. The van der Waals surface area contributed by atoms with E-state index < -0.39 is 0 Å². The van der Waals surface area contributed by atoms with Crippen LogP contribution in [0.25, 0.3) is 0 Å². The fourth-order valence-corrected chi connectivity index (χ4v) is 1.05. The van der Waals surface area contributed by atoms with Crippen molar-refractivity contribution in [1.82, 2.24) is 4.98 Å². The Kier molecular flexibility index (Phi) is 3.67. The van der Waals surface area contributed by atoms with Crippen LogP contribution in [0.5, 0.6) is 0 Å². The van der Waals surface area contributed by atoms with Crippen molar-refractivity contribution in [2.45, 2.75) is 32.6 Å². The largest absolute Gasteiger partial charge is 0.261 e. The van der Waals surface area contributed by atoms with Crippen LogP contribution < -0.4 is 0 Å². The molecule has 0 N–H and O–H groups in total. The number of hydrogen-bond donors (Lipinski definition) is 0. The van der Waals surface area contributed by atoms with Crippen LogP contribution in [0.15, 0.2) is 18.3 Å². The molecule has 1 rings (SSSR count). The second-order valence-electron chi connectivity index (χ2n) is 2.71. The number of hydrogen-bond acceptors (Lipinski definition) is 1. The Morgan fingerprint density at radius 1 is 1.45 bits per heavy atom. The van der Waals surface area contributed by atoms with Crippen molar-refractivity contribution in [3.05, 3.63) is 30.1 Å².